The maximum Gasteiger partial charge on any atom is 0.223 e. The number of ether oxygens (including phenoxy) is 1. The zero-order valence-electron chi connectivity index (χ0n) is 12.3. The van der Waals surface area contributed by atoms with Gasteiger partial charge >= 0.3 is 0 Å². The molecule has 0 saturated heterocycles. The number of halogens is 1. The van der Waals surface area contributed by atoms with E-state index in [1.807, 2.05) is 20.8 Å². The second kappa shape index (κ2) is 7.85. The molecule has 0 heterocycles. The van der Waals surface area contributed by atoms with Crippen molar-refractivity contribution >= 4 is 5.91 Å². The van der Waals surface area contributed by atoms with E-state index in [2.05, 4.69) is 5.32 Å². The fraction of sp³-hybridized carbons (Fsp3) is 0.533. The van der Waals surface area contributed by atoms with E-state index in [1.54, 1.807) is 6.07 Å². The molecule has 1 unspecified atom stereocenters. The number of nitrogens with two attached hydrogens (primary N) is 1. The summed E-state index contributed by atoms with van der Waals surface area (Å²) in [7, 11) is 0. The van der Waals surface area contributed by atoms with E-state index in [4.69, 9.17) is 10.5 Å². The Balaban J connectivity index is 2.56. The highest BCUT2D eigenvalue weighted by Crippen LogP contribution is 2.21. The molecule has 0 aliphatic rings. The van der Waals surface area contributed by atoms with Crippen molar-refractivity contribution in [3.8, 4) is 5.75 Å². The summed E-state index contributed by atoms with van der Waals surface area (Å²) in [5.74, 6) is 0.211. The van der Waals surface area contributed by atoms with Gasteiger partial charge in [-0.1, -0.05) is 0 Å². The SMILES string of the molecule is CC(N)Cc1cc(F)ccc1OCCC(=O)NC(C)C. The standard InChI is InChI=1S/C15H23FN2O2/c1-10(2)18-15(19)6-7-20-14-5-4-13(16)9-12(14)8-11(3)17/h4-5,9-11H,6-8,17H2,1-3H3,(H,18,19). The molecule has 1 aromatic rings. The molecule has 1 aromatic carbocycles. The van der Waals surface area contributed by atoms with Crippen LogP contribution < -0.4 is 15.8 Å². The van der Waals surface area contributed by atoms with Crippen molar-refractivity contribution in [3.63, 3.8) is 0 Å². The van der Waals surface area contributed by atoms with Crippen LogP contribution in [-0.4, -0.2) is 24.6 Å². The van der Waals surface area contributed by atoms with Crippen LogP contribution in [-0.2, 0) is 11.2 Å². The number of nitrogens with one attached hydrogen (secondary N) is 1. The largest absolute Gasteiger partial charge is 0.493 e. The van der Waals surface area contributed by atoms with Gasteiger partial charge in [0.25, 0.3) is 0 Å². The molecular formula is C15H23FN2O2. The lowest BCUT2D eigenvalue weighted by atomic mass is 10.1. The third kappa shape index (κ3) is 6.02. The summed E-state index contributed by atoms with van der Waals surface area (Å²) in [6, 6.07) is 4.37. The van der Waals surface area contributed by atoms with Crippen molar-refractivity contribution in [1.82, 2.24) is 5.32 Å². The predicted molar refractivity (Wildman–Crippen MR) is 77.1 cm³/mol. The zero-order chi connectivity index (χ0) is 15.1. The van der Waals surface area contributed by atoms with Gasteiger partial charge in [-0.2, -0.15) is 0 Å². The monoisotopic (exact) mass is 282 g/mol. The Morgan fingerprint density at radius 2 is 2.10 bits per heavy atom. The Morgan fingerprint density at radius 3 is 2.70 bits per heavy atom. The highest BCUT2D eigenvalue weighted by Gasteiger charge is 2.09. The fourth-order valence-electron chi connectivity index (χ4n) is 1.84. The highest BCUT2D eigenvalue weighted by molar-refractivity contribution is 5.76. The number of benzene rings is 1. The molecular weight excluding hydrogens is 259 g/mol. The first-order valence-corrected chi connectivity index (χ1v) is 6.84. The first kappa shape index (κ1) is 16.4. The van der Waals surface area contributed by atoms with Crippen molar-refractivity contribution in [1.29, 1.82) is 0 Å². The van der Waals surface area contributed by atoms with Gasteiger partial charge in [0.05, 0.1) is 13.0 Å². The van der Waals surface area contributed by atoms with Crippen LogP contribution in [0.2, 0.25) is 0 Å². The Bertz CT molecular complexity index is 447. The Kier molecular flexibility index (Phi) is 6.45. The highest BCUT2D eigenvalue weighted by atomic mass is 19.1. The molecule has 1 rings (SSSR count). The summed E-state index contributed by atoms with van der Waals surface area (Å²) in [5, 5.41) is 2.79. The second-order valence-electron chi connectivity index (χ2n) is 5.25. The predicted octanol–water partition coefficient (Wildman–Crippen LogP) is 2.01. The van der Waals surface area contributed by atoms with Crippen molar-refractivity contribution in [3.05, 3.63) is 29.6 Å². The van der Waals surface area contributed by atoms with Crippen molar-refractivity contribution in [2.75, 3.05) is 6.61 Å². The van der Waals surface area contributed by atoms with Gasteiger partial charge < -0.3 is 15.8 Å². The van der Waals surface area contributed by atoms with Crippen LogP contribution in [0.25, 0.3) is 0 Å². The van der Waals surface area contributed by atoms with Crippen molar-refractivity contribution < 1.29 is 13.9 Å². The van der Waals surface area contributed by atoms with Gasteiger partial charge in [-0.3, -0.25) is 4.79 Å². The third-order valence-corrected chi connectivity index (χ3v) is 2.60. The molecule has 4 nitrogen and oxygen atoms in total. The van der Waals surface area contributed by atoms with Gasteiger partial charge in [0.1, 0.15) is 11.6 Å². The van der Waals surface area contributed by atoms with Crippen LogP contribution in [0.1, 0.15) is 32.8 Å². The molecule has 0 spiro atoms. The molecule has 0 saturated carbocycles. The number of hydrogen-bond acceptors (Lipinski definition) is 3. The molecule has 112 valence electrons. The van der Waals surface area contributed by atoms with Gasteiger partial charge in [0, 0.05) is 12.1 Å². The zero-order valence-corrected chi connectivity index (χ0v) is 12.3. The maximum absolute atomic E-state index is 13.2. The molecule has 3 N–H and O–H groups in total. The molecule has 0 radical (unpaired) electrons. The van der Waals surface area contributed by atoms with E-state index in [1.165, 1.54) is 12.1 Å². The van der Waals surface area contributed by atoms with E-state index in [-0.39, 0.29) is 36.8 Å². The normalized spacial score (nSPS) is 12.3. The molecule has 0 aliphatic carbocycles. The summed E-state index contributed by atoms with van der Waals surface area (Å²) >= 11 is 0. The molecule has 0 aromatic heterocycles. The fourth-order valence-corrected chi connectivity index (χ4v) is 1.84. The quantitative estimate of drug-likeness (QED) is 0.804. The molecule has 0 bridgehead atoms. The summed E-state index contributed by atoms with van der Waals surface area (Å²) < 4.78 is 18.8. The third-order valence-electron chi connectivity index (χ3n) is 2.60. The van der Waals surface area contributed by atoms with E-state index < -0.39 is 0 Å². The van der Waals surface area contributed by atoms with Crippen molar-refractivity contribution in [2.24, 2.45) is 5.73 Å². The molecule has 20 heavy (non-hydrogen) atoms. The summed E-state index contributed by atoms with van der Waals surface area (Å²) in [6.07, 6.45) is 0.804. The lowest BCUT2D eigenvalue weighted by Gasteiger charge is -2.14. The lowest BCUT2D eigenvalue weighted by molar-refractivity contribution is -0.122. The molecule has 1 amide bonds. The summed E-state index contributed by atoms with van der Waals surface area (Å²) in [4.78, 5) is 11.5. The first-order chi connectivity index (χ1) is 9.38. The minimum atomic E-state index is -0.314. The van der Waals surface area contributed by atoms with Crippen LogP contribution in [0, 0.1) is 5.82 Å². The van der Waals surface area contributed by atoms with E-state index in [9.17, 15) is 9.18 Å². The number of carbonyl (C=O) groups is 1. The van der Waals surface area contributed by atoms with Gasteiger partial charge in [0.15, 0.2) is 0 Å². The number of carbonyl (C=O) groups excluding carboxylic acids is 1. The van der Waals surface area contributed by atoms with Gasteiger partial charge in [-0.05, 0) is 51.0 Å². The Labute approximate surface area is 119 Å². The van der Waals surface area contributed by atoms with Crippen LogP contribution in [0.5, 0.6) is 5.75 Å². The maximum atomic E-state index is 13.2. The number of hydrogen-bond donors (Lipinski definition) is 2. The number of amides is 1. The topological polar surface area (TPSA) is 64.3 Å². The molecule has 0 aliphatic heterocycles. The average Bonchev–Trinajstić information content (AvgIpc) is 2.30. The van der Waals surface area contributed by atoms with Crippen LogP contribution >= 0.6 is 0 Å². The van der Waals surface area contributed by atoms with Gasteiger partial charge in [-0.25, -0.2) is 4.39 Å². The summed E-state index contributed by atoms with van der Waals surface area (Å²) in [6.45, 7) is 5.92. The molecule has 0 fully saturated rings. The average molecular weight is 282 g/mol. The van der Waals surface area contributed by atoms with Crippen LogP contribution in [0.15, 0.2) is 18.2 Å². The second-order valence-corrected chi connectivity index (χ2v) is 5.25. The Hall–Kier alpha value is -1.62. The molecule has 5 heteroatoms. The van der Waals surface area contributed by atoms with E-state index >= 15 is 0 Å². The Morgan fingerprint density at radius 1 is 1.40 bits per heavy atom. The summed E-state index contributed by atoms with van der Waals surface area (Å²) in [5.41, 5.74) is 6.46. The minimum Gasteiger partial charge on any atom is -0.493 e. The smallest absolute Gasteiger partial charge is 0.223 e. The first-order valence-electron chi connectivity index (χ1n) is 6.84. The molecule has 1 atom stereocenters. The van der Waals surface area contributed by atoms with Crippen LogP contribution in [0.3, 0.4) is 0 Å². The number of rotatable bonds is 7. The van der Waals surface area contributed by atoms with Crippen LogP contribution in [0.4, 0.5) is 4.39 Å². The van der Waals surface area contributed by atoms with E-state index in [0.717, 1.165) is 5.56 Å². The van der Waals surface area contributed by atoms with Gasteiger partial charge in [0.2, 0.25) is 5.91 Å². The minimum absolute atomic E-state index is 0.0594. The van der Waals surface area contributed by atoms with E-state index in [0.29, 0.717) is 12.2 Å². The van der Waals surface area contributed by atoms with Crippen molar-refractivity contribution in [2.45, 2.75) is 45.7 Å². The lowest BCUT2D eigenvalue weighted by Crippen LogP contribution is -2.31. The van der Waals surface area contributed by atoms with Gasteiger partial charge in [-0.15, -0.1) is 0 Å².